The Morgan fingerprint density at radius 2 is 1.81 bits per heavy atom. The summed E-state index contributed by atoms with van der Waals surface area (Å²) < 4.78 is 50.9. The summed E-state index contributed by atoms with van der Waals surface area (Å²) in [4.78, 5) is 13.1. The molecule has 2 atom stereocenters. The van der Waals surface area contributed by atoms with Crippen LogP contribution in [0.5, 0.6) is 5.75 Å². The number of nitrogens with zero attached hydrogens (tertiary/aromatic N) is 5. The number of piperazine rings is 1. The lowest BCUT2D eigenvalue weighted by atomic mass is 10.1. The van der Waals surface area contributed by atoms with Crippen LogP contribution >= 0.6 is 11.3 Å². The SMILES string of the molecule is Cc1nc2cc(OC([C@@H](C)O)N3CCN(Cc4noc(-c5ccc(C(F)(F)F)cc5)n4)CC3)ccc2s1. The molecule has 0 aliphatic carbocycles. The Hall–Kier alpha value is -3.06. The third-order valence-electron chi connectivity index (χ3n) is 6.19. The normalized spacial score (nSPS) is 17.2. The van der Waals surface area contributed by atoms with Crippen molar-refractivity contribution >= 4 is 21.6 Å². The van der Waals surface area contributed by atoms with Crippen molar-refractivity contribution in [3.05, 3.63) is 58.9 Å². The van der Waals surface area contributed by atoms with Crippen LogP contribution in [0.15, 0.2) is 47.0 Å². The highest BCUT2D eigenvalue weighted by atomic mass is 32.1. The fourth-order valence-electron chi connectivity index (χ4n) is 4.33. The Morgan fingerprint density at radius 3 is 2.49 bits per heavy atom. The number of halogens is 3. The van der Waals surface area contributed by atoms with E-state index in [0.29, 0.717) is 49.9 Å². The number of aliphatic hydroxyl groups excluding tert-OH is 1. The van der Waals surface area contributed by atoms with Crippen LogP contribution in [-0.2, 0) is 12.7 Å². The molecule has 1 aliphatic rings. The molecular formula is C25H26F3N5O3S. The van der Waals surface area contributed by atoms with Gasteiger partial charge in [-0.3, -0.25) is 9.80 Å². The Balaban J connectivity index is 1.17. The summed E-state index contributed by atoms with van der Waals surface area (Å²) in [5.74, 6) is 1.30. The van der Waals surface area contributed by atoms with Crippen molar-refractivity contribution in [3.63, 3.8) is 0 Å². The van der Waals surface area contributed by atoms with Crippen molar-refractivity contribution in [1.29, 1.82) is 0 Å². The Kier molecular flexibility index (Phi) is 7.17. The highest BCUT2D eigenvalue weighted by Gasteiger charge is 2.31. The fourth-order valence-corrected chi connectivity index (χ4v) is 5.13. The molecular weight excluding hydrogens is 507 g/mol. The maximum Gasteiger partial charge on any atom is 0.416 e. The second-order valence-corrected chi connectivity index (χ2v) is 10.2. The first kappa shape index (κ1) is 25.6. The molecule has 0 amide bonds. The molecule has 3 heterocycles. The zero-order valence-corrected chi connectivity index (χ0v) is 21.1. The van der Waals surface area contributed by atoms with Gasteiger partial charge in [0, 0.05) is 37.8 Å². The molecule has 37 heavy (non-hydrogen) atoms. The number of aliphatic hydroxyl groups is 1. The maximum absolute atomic E-state index is 12.8. The first-order valence-electron chi connectivity index (χ1n) is 11.8. The lowest BCUT2D eigenvalue weighted by molar-refractivity contribution is -0.137. The minimum absolute atomic E-state index is 0.178. The highest BCUT2D eigenvalue weighted by molar-refractivity contribution is 7.18. The number of benzene rings is 2. The van der Waals surface area contributed by atoms with Crippen LogP contribution in [0.4, 0.5) is 13.2 Å². The Labute approximate surface area is 215 Å². The molecule has 1 unspecified atom stereocenters. The molecule has 0 bridgehead atoms. The average molecular weight is 534 g/mol. The summed E-state index contributed by atoms with van der Waals surface area (Å²) in [6, 6.07) is 10.4. The van der Waals surface area contributed by atoms with Gasteiger partial charge >= 0.3 is 6.18 Å². The van der Waals surface area contributed by atoms with Crippen LogP contribution in [0.3, 0.4) is 0 Å². The van der Waals surface area contributed by atoms with Gasteiger partial charge in [0.15, 0.2) is 12.1 Å². The minimum atomic E-state index is -4.40. The third kappa shape index (κ3) is 5.93. The molecule has 0 saturated carbocycles. The maximum atomic E-state index is 12.8. The Bertz CT molecular complexity index is 1350. The van der Waals surface area contributed by atoms with Crippen molar-refractivity contribution in [2.24, 2.45) is 0 Å². The lowest BCUT2D eigenvalue weighted by Crippen LogP contribution is -2.55. The molecule has 1 saturated heterocycles. The molecule has 5 rings (SSSR count). The lowest BCUT2D eigenvalue weighted by Gasteiger charge is -2.39. The first-order valence-corrected chi connectivity index (χ1v) is 12.7. The van der Waals surface area contributed by atoms with E-state index in [1.165, 1.54) is 12.1 Å². The van der Waals surface area contributed by atoms with Gasteiger partial charge in [0.25, 0.3) is 5.89 Å². The van der Waals surface area contributed by atoms with E-state index < -0.39 is 24.1 Å². The van der Waals surface area contributed by atoms with Crippen LogP contribution in [0.25, 0.3) is 21.7 Å². The smallest absolute Gasteiger partial charge is 0.416 e. The van der Waals surface area contributed by atoms with Crippen molar-refractivity contribution in [3.8, 4) is 17.2 Å². The summed E-state index contributed by atoms with van der Waals surface area (Å²) in [5.41, 5.74) is 0.580. The van der Waals surface area contributed by atoms with Gasteiger partial charge in [0.1, 0.15) is 11.9 Å². The summed E-state index contributed by atoms with van der Waals surface area (Å²) in [5, 5.41) is 15.4. The molecule has 196 valence electrons. The van der Waals surface area contributed by atoms with Gasteiger partial charge in [-0.1, -0.05) is 5.16 Å². The Morgan fingerprint density at radius 1 is 1.08 bits per heavy atom. The number of aromatic nitrogens is 3. The molecule has 1 aliphatic heterocycles. The number of alkyl halides is 3. The zero-order valence-electron chi connectivity index (χ0n) is 20.3. The van der Waals surface area contributed by atoms with Gasteiger partial charge in [-0.2, -0.15) is 18.2 Å². The van der Waals surface area contributed by atoms with Crippen molar-refractivity contribution in [2.45, 2.75) is 38.9 Å². The van der Waals surface area contributed by atoms with E-state index >= 15 is 0 Å². The highest BCUT2D eigenvalue weighted by Crippen LogP contribution is 2.31. The number of rotatable bonds is 7. The topological polar surface area (TPSA) is 87.8 Å². The predicted molar refractivity (Wildman–Crippen MR) is 132 cm³/mol. The van der Waals surface area contributed by atoms with Crippen LogP contribution in [0.2, 0.25) is 0 Å². The summed E-state index contributed by atoms with van der Waals surface area (Å²) >= 11 is 1.63. The van der Waals surface area contributed by atoms with Crippen molar-refractivity contribution in [1.82, 2.24) is 24.9 Å². The van der Waals surface area contributed by atoms with E-state index in [4.69, 9.17) is 9.26 Å². The molecule has 4 aromatic rings. The standard InChI is InChI=1S/C25H26F3N5O3S/c1-15(34)24(35-19-7-8-21-20(13-19)29-16(2)37-21)33-11-9-32(10-12-33)14-22-30-23(36-31-22)17-3-5-18(6-4-17)25(26,27)28/h3-8,13,15,24,34H,9-12,14H2,1-2H3/t15-,24?/m1/s1. The van der Waals surface area contributed by atoms with Gasteiger partial charge in [0.05, 0.1) is 27.3 Å². The van der Waals surface area contributed by atoms with Gasteiger partial charge < -0.3 is 14.4 Å². The number of ether oxygens (including phenoxy) is 1. The number of fused-ring (bicyclic) bond motifs is 1. The predicted octanol–water partition coefficient (Wildman–Crippen LogP) is 4.58. The molecule has 2 aromatic heterocycles. The number of hydrogen-bond donors (Lipinski definition) is 1. The average Bonchev–Trinajstić information content (AvgIpc) is 3.48. The van der Waals surface area contributed by atoms with Crippen molar-refractivity contribution in [2.75, 3.05) is 26.2 Å². The minimum Gasteiger partial charge on any atom is -0.472 e. The van der Waals surface area contributed by atoms with Crippen LogP contribution in [-0.4, -0.2) is 68.5 Å². The van der Waals surface area contributed by atoms with Crippen LogP contribution in [0.1, 0.15) is 23.3 Å². The van der Waals surface area contributed by atoms with E-state index in [9.17, 15) is 18.3 Å². The van der Waals surface area contributed by atoms with E-state index in [-0.39, 0.29) is 5.89 Å². The van der Waals surface area contributed by atoms with Gasteiger partial charge in [-0.25, -0.2) is 4.98 Å². The fraction of sp³-hybridized carbons (Fsp3) is 0.400. The van der Waals surface area contributed by atoms with Crippen molar-refractivity contribution < 1.29 is 27.5 Å². The molecule has 8 nitrogen and oxygen atoms in total. The van der Waals surface area contributed by atoms with E-state index in [2.05, 4.69) is 24.9 Å². The molecule has 1 N–H and O–H groups in total. The largest absolute Gasteiger partial charge is 0.472 e. The quantitative estimate of drug-likeness (QED) is 0.370. The summed E-state index contributed by atoms with van der Waals surface area (Å²) in [6.07, 6.45) is -5.61. The molecule has 0 spiro atoms. The summed E-state index contributed by atoms with van der Waals surface area (Å²) in [7, 11) is 0. The second kappa shape index (κ2) is 10.4. The van der Waals surface area contributed by atoms with Gasteiger partial charge in [0.2, 0.25) is 0 Å². The monoisotopic (exact) mass is 533 g/mol. The molecule has 1 fully saturated rings. The van der Waals surface area contributed by atoms with E-state index in [1.807, 2.05) is 25.1 Å². The zero-order chi connectivity index (χ0) is 26.2. The molecule has 0 radical (unpaired) electrons. The second-order valence-electron chi connectivity index (χ2n) is 9.01. The van der Waals surface area contributed by atoms with Crippen LogP contribution < -0.4 is 4.74 Å². The van der Waals surface area contributed by atoms with Crippen LogP contribution in [0, 0.1) is 6.92 Å². The first-order chi connectivity index (χ1) is 17.7. The van der Waals surface area contributed by atoms with E-state index in [1.54, 1.807) is 18.3 Å². The summed E-state index contributed by atoms with van der Waals surface area (Å²) in [6.45, 7) is 6.84. The molecule has 12 heteroatoms. The molecule has 2 aromatic carbocycles. The number of aryl methyl sites for hydroxylation is 1. The van der Waals surface area contributed by atoms with E-state index in [0.717, 1.165) is 27.4 Å². The van der Waals surface area contributed by atoms with Gasteiger partial charge in [-0.15, -0.1) is 11.3 Å². The number of thiazole rings is 1. The third-order valence-corrected chi connectivity index (χ3v) is 7.15. The van der Waals surface area contributed by atoms with Gasteiger partial charge in [-0.05, 0) is 50.2 Å². The number of hydrogen-bond acceptors (Lipinski definition) is 9.